The predicted octanol–water partition coefficient (Wildman–Crippen LogP) is 4.62. The van der Waals surface area contributed by atoms with Crippen molar-refractivity contribution in [3.05, 3.63) is 72.8 Å². The van der Waals surface area contributed by atoms with Gasteiger partial charge in [-0.15, -0.1) is 0 Å². The summed E-state index contributed by atoms with van der Waals surface area (Å²) in [4.78, 5) is 0. The molecule has 4 aromatic carbocycles. The van der Waals surface area contributed by atoms with Gasteiger partial charge in [-0.1, -0.05) is 48.5 Å². The fourth-order valence-corrected chi connectivity index (χ4v) is 3.14. The lowest BCUT2D eigenvalue weighted by atomic mass is 10.1. The van der Waals surface area contributed by atoms with Crippen molar-refractivity contribution in [3.8, 4) is 11.5 Å². The van der Waals surface area contributed by atoms with Crippen molar-refractivity contribution < 1.29 is 9.47 Å². The van der Waals surface area contributed by atoms with E-state index in [9.17, 15) is 0 Å². The van der Waals surface area contributed by atoms with Crippen molar-refractivity contribution in [3.63, 3.8) is 0 Å². The maximum Gasteiger partial charge on any atom is 0.127 e. The summed E-state index contributed by atoms with van der Waals surface area (Å²) in [5.74, 6) is 1.61. The van der Waals surface area contributed by atoms with E-state index >= 15 is 0 Å². The van der Waals surface area contributed by atoms with Crippen molar-refractivity contribution >= 4 is 32.9 Å². The highest BCUT2D eigenvalue weighted by molar-refractivity contribution is 5.97. The molecule has 0 radical (unpaired) electrons. The lowest BCUT2D eigenvalue weighted by Crippen LogP contribution is -2.09. The van der Waals surface area contributed by atoms with Crippen molar-refractivity contribution in [2.75, 3.05) is 24.7 Å². The van der Waals surface area contributed by atoms with Crippen molar-refractivity contribution in [1.29, 1.82) is 0 Å². The van der Waals surface area contributed by atoms with Gasteiger partial charge in [-0.2, -0.15) is 0 Å². The summed E-state index contributed by atoms with van der Waals surface area (Å²) >= 11 is 0. The molecule has 0 unspecified atom stereocenters. The maximum absolute atomic E-state index is 6.03. The molecule has 4 nitrogen and oxygen atoms in total. The minimum Gasteiger partial charge on any atom is -0.489 e. The van der Waals surface area contributed by atoms with Gasteiger partial charge in [0, 0.05) is 32.9 Å². The molecular formula is C22H20N2O2. The van der Waals surface area contributed by atoms with Gasteiger partial charge in [0.25, 0.3) is 0 Å². The van der Waals surface area contributed by atoms with Crippen LogP contribution in [0.4, 0.5) is 11.4 Å². The second kappa shape index (κ2) is 6.84. The fraction of sp³-hybridized carbons (Fsp3) is 0.0909. The van der Waals surface area contributed by atoms with Crippen LogP contribution in [-0.4, -0.2) is 13.2 Å². The molecule has 26 heavy (non-hydrogen) atoms. The third-order valence-electron chi connectivity index (χ3n) is 4.43. The van der Waals surface area contributed by atoms with E-state index in [1.807, 2.05) is 72.8 Å². The van der Waals surface area contributed by atoms with E-state index in [-0.39, 0.29) is 0 Å². The lowest BCUT2D eigenvalue weighted by Gasteiger charge is -2.13. The van der Waals surface area contributed by atoms with Crippen LogP contribution in [0.15, 0.2) is 72.8 Å². The highest BCUT2D eigenvalue weighted by atomic mass is 16.5. The molecule has 4 aromatic rings. The van der Waals surface area contributed by atoms with Crippen LogP contribution in [0.2, 0.25) is 0 Å². The van der Waals surface area contributed by atoms with Crippen LogP contribution >= 0.6 is 0 Å². The van der Waals surface area contributed by atoms with Crippen molar-refractivity contribution in [2.45, 2.75) is 0 Å². The number of anilines is 2. The second-order valence-electron chi connectivity index (χ2n) is 6.09. The molecule has 0 aliphatic rings. The topological polar surface area (TPSA) is 70.5 Å². The standard InChI is InChI=1S/C22H20N2O2/c23-19-9-11-21(17-7-3-1-5-15(17)19)25-13-14-26-22-12-10-20(24)16-6-2-4-8-18(16)22/h1-12H,13-14,23-24H2. The van der Waals surface area contributed by atoms with Gasteiger partial charge in [-0.3, -0.25) is 0 Å². The summed E-state index contributed by atoms with van der Waals surface area (Å²) in [6, 6.07) is 23.4. The average Bonchev–Trinajstić information content (AvgIpc) is 2.69. The molecule has 0 atom stereocenters. The average molecular weight is 344 g/mol. The summed E-state index contributed by atoms with van der Waals surface area (Å²) in [5.41, 5.74) is 13.6. The summed E-state index contributed by atoms with van der Waals surface area (Å²) < 4.78 is 11.9. The lowest BCUT2D eigenvalue weighted by molar-refractivity contribution is 0.220. The monoisotopic (exact) mass is 344 g/mol. The van der Waals surface area contributed by atoms with Crippen molar-refractivity contribution in [1.82, 2.24) is 0 Å². The van der Waals surface area contributed by atoms with E-state index in [0.717, 1.165) is 44.4 Å². The molecule has 4 N–H and O–H groups in total. The molecule has 130 valence electrons. The Balaban J connectivity index is 1.47. The van der Waals surface area contributed by atoms with Gasteiger partial charge in [0.2, 0.25) is 0 Å². The molecule has 0 saturated heterocycles. The number of ether oxygens (including phenoxy) is 2. The minimum absolute atomic E-state index is 0.437. The Bertz CT molecular complexity index is 989. The molecule has 0 aliphatic carbocycles. The Morgan fingerprint density at radius 2 is 0.885 bits per heavy atom. The Kier molecular flexibility index (Phi) is 4.23. The Hall–Kier alpha value is -3.40. The number of benzene rings is 4. The van der Waals surface area contributed by atoms with Crippen LogP contribution in [0.3, 0.4) is 0 Å². The molecule has 0 aliphatic heterocycles. The largest absolute Gasteiger partial charge is 0.489 e. The first-order valence-corrected chi connectivity index (χ1v) is 8.54. The molecule has 0 bridgehead atoms. The number of hydrogen-bond donors (Lipinski definition) is 2. The second-order valence-corrected chi connectivity index (χ2v) is 6.09. The number of nitrogen functional groups attached to an aromatic ring is 2. The summed E-state index contributed by atoms with van der Waals surface area (Å²) in [7, 11) is 0. The van der Waals surface area contributed by atoms with E-state index in [0.29, 0.717) is 13.2 Å². The molecular weight excluding hydrogens is 324 g/mol. The zero-order valence-corrected chi connectivity index (χ0v) is 14.3. The fourth-order valence-electron chi connectivity index (χ4n) is 3.14. The quantitative estimate of drug-likeness (QED) is 0.409. The maximum atomic E-state index is 6.03. The van der Waals surface area contributed by atoms with Gasteiger partial charge in [0.05, 0.1) is 0 Å². The van der Waals surface area contributed by atoms with Crippen LogP contribution < -0.4 is 20.9 Å². The van der Waals surface area contributed by atoms with E-state index in [2.05, 4.69) is 0 Å². The zero-order valence-electron chi connectivity index (χ0n) is 14.3. The molecule has 0 fully saturated rings. The van der Waals surface area contributed by atoms with Gasteiger partial charge in [-0.05, 0) is 24.3 Å². The Morgan fingerprint density at radius 3 is 1.31 bits per heavy atom. The number of hydrogen-bond acceptors (Lipinski definition) is 4. The summed E-state index contributed by atoms with van der Waals surface area (Å²) in [6.07, 6.45) is 0. The van der Waals surface area contributed by atoms with Crippen LogP contribution in [0.5, 0.6) is 11.5 Å². The molecule has 4 rings (SSSR count). The first-order valence-electron chi connectivity index (χ1n) is 8.54. The summed E-state index contributed by atoms with van der Waals surface area (Å²) in [5, 5.41) is 4.00. The van der Waals surface area contributed by atoms with Crippen LogP contribution in [0, 0.1) is 0 Å². The highest BCUT2D eigenvalue weighted by Gasteiger charge is 2.06. The first-order chi connectivity index (χ1) is 12.7. The van der Waals surface area contributed by atoms with E-state index in [1.54, 1.807) is 0 Å². The van der Waals surface area contributed by atoms with Crippen LogP contribution in [-0.2, 0) is 0 Å². The predicted molar refractivity (Wildman–Crippen MR) is 108 cm³/mol. The van der Waals surface area contributed by atoms with Gasteiger partial charge < -0.3 is 20.9 Å². The van der Waals surface area contributed by atoms with Crippen LogP contribution in [0.25, 0.3) is 21.5 Å². The molecule has 4 heteroatoms. The number of nitrogens with two attached hydrogens (primary N) is 2. The smallest absolute Gasteiger partial charge is 0.127 e. The zero-order chi connectivity index (χ0) is 17.9. The SMILES string of the molecule is Nc1ccc(OCCOc2ccc(N)c3ccccc23)c2ccccc12. The number of fused-ring (bicyclic) bond motifs is 2. The third-order valence-corrected chi connectivity index (χ3v) is 4.43. The van der Waals surface area contributed by atoms with Crippen molar-refractivity contribution in [2.24, 2.45) is 0 Å². The first kappa shape index (κ1) is 16.1. The third kappa shape index (κ3) is 2.97. The van der Waals surface area contributed by atoms with Gasteiger partial charge in [0.1, 0.15) is 24.7 Å². The molecule has 0 aromatic heterocycles. The Labute approximate surface area is 151 Å². The van der Waals surface area contributed by atoms with E-state index < -0.39 is 0 Å². The van der Waals surface area contributed by atoms with Gasteiger partial charge in [0.15, 0.2) is 0 Å². The van der Waals surface area contributed by atoms with E-state index in [4.69, 9.17) is 20.9 Å². The van der Waals surface area contributed by atoms with Gasteiger partial charge >= 0.3 is 0 Å². The molecule has 0 heterocycles. The summed E-state index contributed by atoms with van der Waals surface area (Å²) in [6.45, 7) is 0.874. The minimum atomic E-state index is 0.437. The highest BCUT2D eigenvalue weighted by Crippen LogP contribution is 2.31. The normalized spacial score (nSPS) is 10.9. The molecule has 0 amide bonds. The molecule has 0 saturated carbocycles. The number of rotatable bonds is 5. The molecule has 0 spiro atoms. The van der Waals surface area contributed by atoms with E-state index in [1.165, 1.54) is 0 Å². The Morgan fingerprint density at radius 1 is 0.500 bits per heavy atom. The van der Waals surface area contributed by atoms with Gasteiger partial charge in [-0.25, -0.2) is 0 Å². The van der Waals surface area contributed by atoms with Crippen LogP contribution in [0.1, 0.15) is 0 Å².